The first-order valence-corrected chi connectivity index (χ1v) is 0.928. The number of hydrogen-bond donors (Lipinski definition) is 1. The van der Waals surface area contributed by atoms with E-state index in [9.17, 15) is 0 Å². The van der Waals surface area contributed by atoms with E-state index in [0.717, 1.165) is 6.92 Å². The second-order valence-corrected chi connectivity index (χ2v) is 0.519. The Morgan fingerprint density at radius 2 is 1.80 bits per heavy atom. The molecule has 0 spiro atoms. The Hall–Kier alpha value is 0.269. The molecule has 0 rings (SSSR count). The van der Waals surface area contributed by atoms with E-state index in [1.165, 1.54) is 0 Å². The summed E-state index contributed by atoms with van der Waals surface area (Å²) in [5, 5.41) is 7.42. The summed E-state index contributed by atoms with van der Waals surface area (Å²) < 4.78 is 0. The van der Waals surface area contributed by atoms with Gasteiger partial charge in [0.05, 0.1) is 0 Å². The molecule has 1 N–H and O–H groups in total. The first-order valence-electron chi connectivity index (χ1n) is 0.928. The Bertz CT molecular complexity index is 30.6. The summed E-state index contributed by atoms with van der Waals surface area (Å²) in [6.45, 7) is 1.08. The van der Waals surface area contributed by atoms with E-state index < -0.39 is 5.97 Å². The van der Waals surface area contributed by atoms with E-state index in [1.807, 2.05) is 0 Å². The molecule has 0 aliphatic carbocycles. The zero-order valence-electron chi connectivity index (χ0n) is 2.93. The molecule has 0 aliphatic heterocycles. The molecule has 0 aromatic heterocycles. The molecular weight excluding hydrogens is 175 g/mol. The minimum atomic E-state index is -0.833. The Kier molecular flexibility index (Phi) is 7.67. The normalized spacial score (nSPS) is 5.00. The van der Waals surface area contributed by atoms with Crippen LogP contribution in [0.25, 0.3) is 0 Å². The van der Waals surface area contributed by atoms with Crippen molar-refractivity contribution < 1.29 is 9.90 Å². The van der Waals surface area contributed by atoms with E-state index >= 15 is 0 Å². The van der Waals surface area contributed by atoms with Crippen molar-refractivity contribution in [2.45, 2.75) is 6.92 Å². The molecular formula is C2H5O2Sn. The summed E-state index contributed by atoms with van der Waals surface area (Å²) in [5.41, 5.74) is 0. The van der Waals surface area contributed by atoms with Gasteiger partial charge in [0.1, 0.15) is 0 Å². The van der Waals surface area contributed by atoms with Gasteiger partial charge in [-0.2, -0.15) is 0 Å². The van der Waals surface area contributed by atoms with Crippen LogP contribution in [0.15, 0.2) is 0 Å². The van der Waals surface area contributed by atoms with Crippen molar-refractivity contribution in [1.82, 2.24) is 0 Å². The molecule has 0 aromatic rings. The van der Waals surface area contributed by atoms with Gasteiger partial charge in [0.15, 0.2) is 0 Å². The van der Waals surface area contributed by atoms with Crippen molar-refractivity contribution in [1.29, 1.82) is 0 Å². The number of hydrogen-bond acceptors (Lipinski definition) is 1. The molecule has 0 heterocycles. The van der Waals surface area contributed by atoms with Crippen LogP contribution in [0.4, 0.5) is 0 Å². The molecule has 0 atom stereocenters. The van der Waals surface area contributed by atoms with Crippen LogP contribution in [0.5, 0.6) is 0 Å². The summed E-state index contributed by atoms with van der Waals surface area (Å²) in [4.78, 5) is 9.00. The van der Waals surface area contributed by atoms with Crippen molar-refractivity contribution in [3.63, 3.8) is 0 Å². The van der Waals surface area contributed by atoms with Gasteiger partial charge >= 0.3 is 23.9 Å². The standard InChI is InChI=1S/C2H4O2.Sn.H/c1-2(3)4;;/h1H3,(H,3,4);;. The summed E-state index contributed by atoms with van der Waals surface area (Å²) in [6, 6.07) is 0. The van der Waals surface area contributed by atoms with E-state index in [2.05, 4.69) is 0 Å². The maximum absolute atomic E-state index is 9.00. The second-order valence-electron chi connectivity index (χ2n) is 0.519. The van der Waals surface area contributed by atoms with Crippen molar-refractivity contribution in [3.8, 4) is 0 Å². The van der Waals surface area contributed by atoms with Crippen LogP contribution in [-0.2, 0) is 4.79 Å². The topological polar surface area (TPSA) is 37.3 Å². The predicted octanol–water partition coefficient (Wildman–Crippen LogP) is -0.558. The van der Waals surface area contributed by atoms with Crippen molar-refractivity contribution in [2.75, 3.05) is 0 Å². The van der Waals surface area contributed by atoms with Gasteiger partial charge in [-0.1, -0.05) is 0 Å². The Morgan fingerprint density at radius 1 is 1.80 bits per heavy atom. The van der Waals surface area contributed by atoms with Gasteiger partial charge in [-0.25, -0.2) is 0 Å². The van der Waals surface area contributed by atoms with Gasteiger partial charge in [-0.15, -0.1) is 0 Å². The molecule has 0 saturated heterocycles. The monoisotopic (exact) mass is 181 g/mol. The number of carbonyl (C=O) groups is 1. The molecule has 0 amide bonds. The summed E-state index contributed by atoms with van der Waals surface area (Å²) >= 11 is 0. The van der Waals surface area contributed by atoms with Gasteiger partial charge < -0.3 is 5.11 Å². The van der Waals surface area contributed by atoms with E-state index in [4.69, 9.17) is 9.90 Å². The van der Waals surface area contributed by atoms with Gasteiger partial charge in [-0.3, -0.25) is 4.79 Å². The zero-order valence-corrected chi connectivity index (χ0v) is 6.23. The fourth-order valence-corrected chi connectivity index (χ4v) is 0. The molecule has 0 aromatic carbocycles. The van der Waals surface area contributed by atoms with Gasteiger partial charge in [-0.05, 0) is 0 Å². The molecule has 29 valence electrons. The third-order valence-electron chi connectivity index (χ3n) is 0. The average molecular weight is 180 g/mol. The third-order valence-corrected chi connectivity index (χ3v) is 0. The number of carboxylic acids is 1. The predicted molar refractivity (Wildman–Crippen MR) is 20.5 cm³/mol. The van der Waals surface area contributed by atoms with Crippen molar-refractivity contribution in [3.05, 3.63) is 0 Å². The molecule has 0 bridgehead atoms. The number of rotatable bonds is 0. The quantitative estimate of drug-likeness (QED) is 0.507. The fourth-order valence-electron chi connectivity index (χ4n) is 0. The van der Waals surface area contributed by atoms with E-state index in [-0.39, 0.29) is 23.9 Å². The van der Waals surface area contributed by atoms with Gasteiger partial charge in [0.2, 0.25) is 0 Å². The molecule has 0 saturated carbocycles. The molecule has 0 fully saturated rings. The van der Waals surface area contributed by atoms with E-state index in [1.54, 1.807) is 0 Å². The van der Waals surface area contributed by atoms with Crippen molar-refractivity contribution >= 4 is 29.9 Å². The molecule has 0 unspecified atom stereocenters. The zero-order chi connectivity index (χ0) is 3.58. The Balaban J connectivity index is 0. The first-order chi connectivity index (χ1) is 1.73. The van der Waals surface area contributed by atoms with Gasteiger partial charge in [0.25, 0.3) is 5.97 Å². The second kappa shape index (κ2) is 4.27. The van der Waals surface area contributed by atoms with Gasteiger partial charge in [0, 0.05) is 6.92 Å². The minimum absolute atomic E-state index is 0. The summed E-state index contributed by atoms with van der Waals surface area (Å²) in [6.07, 6.45) is 0. The van der Waals surface area contributed by atoms with E-state index in [0.29, 0.717) is 0 Å². The number of carboxylic acid groups (broad SMARTS) is 1. The van der Waals surface area contributed by atoms with Crippen molar-refractivity contribution in [2.24, 2.45) is 0 Å². The Morgan fingerprint density at radius 3 is 1.80 bits per heavy atom. The molecule has 2 nitrogen and oxygen atoms in total. The van der Waals surface area contributed by atoms with Crippen LogP contribution in [0, 0.1) is 0 Å². The summed E-state index contributed by atoms with van der Waals surface area (Å²) in [5.74, 6) is -0.833. The Labute approximate surface area is 47.1 Å². The van der Waals surface area contributed by atoms with Crippen LogP contribution in [-0.4, -0.2) is 35.0 Å². The van der Waals surface area contributed by atoms with Crippen LogP contribution < -0.4 is 0 Å². The fraction of sp³-hybridized carbons (Fsp3) is 0.500. The molecule has 3 heteroatoms. The average Bonchev–Trinajstić information content (AvgIpc) is 0.811. The molecule has 5 heavy (non-hydrogen) atoms. The van der Waals surface area contributed by atoms with Crippen LogP contribution >= 0.6 is 0 Å². The van der Waals surface area contributed by atoms with Crippen LogP contribution in [0.1, 0.15) is 6.92 Å². The third kappa shape index (κ3) is 304. The SMILES string of the molecule is CC(=O)O.[SnH]. The van der Waals surface area contributed by atoms with Crippen LogP contribution in [0.3, 0.4) is 0 Å². The van der Waals surface area contributed by atoms with Crippen LogP contribution in [0.2, 0.25) is 0 Å². The molecule has 3 radical (unpaired) electrons. The maximum atomic E-state index is 9.00. The molecule has 0 aliphatic rings. The number of aliphatic carboxylic acids is 1. The first kappa shape index (κ1) is 8.99. The summed E-state index contributed by atoms with van der Waals surface area (Å²) in [7, 11) is 0.